The Balaban J connectivity index is 1.96. The normalized spacial score (nSPS) is 31.5. The lowest BCUT2D eigenvalue weighted by Crippen LogP contribution is -2.62. The molecular formula is C11H20N2O2. The van der Waals surface area contributed by atoms with E-state index in [-0.39, 0.29) is 18.0 Å². The third-order valence-electron chi connectivity index (χ3n) is 3.43. The van der Waals surface area contributed by atoms with Crippen LogP contribution < -0.4 is 5.32 Å². The number of carboxylic acid groups (broad SMARTS) is 1. The molecule has 1 aliphatic heterocycles. The Morgan fingerprint density at radius 3 is 2.73 bits per heavy atom. The van der Waals surface area contributed by atoms with Crippen molar-refractivity contribution in [3.63, 3.8) is 0 Å². The highest BCUT2D eigenvalue weighted by molar-refractivity contribution is 5.67. The predicted octanol–water partition coefficient (Wildman–Crippen LogP) is 0.676. The Bertz CT molecular complexity index is 261. The maximum Gasteiger partial charge on any atom is 0.304 e. The summed E-state index contributed by atoms with van der Waals surface area (Å²) in [6.45, 7) is 6.23. The van der Waals surface area contributed by atoms with Gasteiger partial charge < -0.3 is 10.4 Å². The van der Waals surface area contributed by atoms with Crippen LogP contribution in [0.5, 0.6) is 0 Å². The predicted molar refractivity (Wildman–Crippen MR) is 57.9 cm³/mol. The fraction of sp³-hybridized carbons (Fsp3) is 0.909. The van der Waals surface area contributed by atoms with Crippen molar-refractivity contribution >= 4 is 5.97 Å². The van der Waals surface area contributed by atoms with Crippen molar-refractivity contribution in [3.05, 3.63) is 0 Å². The van der Waals surface area contributed by atoms with Crippen LogP contribution in [0, 0.1) is 0 Å². The van der Waals surface area contributed by atoms with Gasteiger partial charge in [-0.2, -0.15) is 0 Å². The first kappa shape index (κ1) is 10.9. The molecule has 0 amide bonds. The van der Waals surface area contributed by atoms with Gasteiger partial charge in [-0.15, -0.1) is 0 Å². The van der Waals surface area contributed by atoms with E-state index in [1.165, 1.54) is 12.8 Å². The van der Waals surface area contributed by atoms with Gasteiger partial charge in [-0.1, -0.05) is 0 Å². The summed E-state index contributed by atoms with van der Waals surface area (Å²) in [5, 5.41) is 12.1. The molecule has 0 aromatic carbocycles. The highest BCUT2D eigenvalue weighted by Gasteiger charge is 2.42. The molecule has 2 N–H and O–H groups in total. The minimum absolute atomic E-state index is 0.121. The summed E-state index contributed by atoms with van der Waals surface area (Å²) in [4.78, 5) is 13.1. The van der Waals surface area contributed by atoms with Crippen LogP contribution >= 0.6 is 0 Å². The highest BCUT2D eigenvalue weighted by Crippen LogP contribution is 2.34. The number of hydrogen-bond donors (Lipinski definition) is 2. The molecule has 1 aliphatic carbocycles. The van der Waals surface area contributed by atoms with E-state index in [0.717, 1.165) is 13.1 Å². The molecular weight excluding hydrogens is 192 g/mol. The van der Waals surface area contributed by atoms with E-state index in [9.17, 15) is 4.79 Å². The van der Waals surface area contributed by atoms with E-state index < -0.39 is 5.97 Å². The molecule has 1 heterocycles. The van der Waals surface area contributed by atoms with Crippen LogP contribution in [0.15, 0.2) is 0 Å². The van der Waals surface area contributed by atoms with Crippen molar-refractivity contribution in [2.75, 3.05) is 13.1 Å². The minimum atomic E-state index is -0.706. The first-order valence-electron chi connectivity index (χ1n) is 5.71. The fourth-order valence-electron chi connectivity index (χ4n) is 2.42. The molecule has 0 spiro atoms. The lowest BCUT2D eigenvalue weighted by Gasteiger charge is -2.46. The summed E-state index contributed by atoms with van der Waals surface area (Å²) in [6, 6.07) is 0.828. The standard InChI is InChI=1S/C11H20N2O2/c1-11(2)7-12-8(5-10(14)15)6-13(11)9-3-4-9/h8-9,12H,3-7H2,1-2H3,(H,14,15). The maximum atomic E-state index is 10.7. The smallest absolute Gasteiger partial charge is 0.304 e. The van der Waals surface area contributed by atoms with E-state index in [2.05, 4.69) is 24.1 Å². The molecule has 1 unspecified atom stereocenters. The molecule has 0 radical (unpaired) electrons. The molecule has 2 aliphatic rings. The number of aliphatic carboxylic acids is 1. The second kappa shape index (κ2) is 3.76. The number of piperazine rings is 1. The molecule has 0 bridgehead atoms. The van der Waals surface area contributed by atoms with Gasteiger partial charge in [0, 0.05) is 30.7 Å². The summed E-state index contributed by atoms with van der Waals surface area (Å²) in [5.74, 6) is -0.706. The third kappa shape index (κ3) is 2.49. The zero-order chi connectivity index (χ0) is 11.1. The zero-order valence-electron chi connectivity index (χ0n) is 9.49. The monoisotopic (exact) mass is 212 g/mol. The van der Waals surface area contributed by atoms with E-state index in [4.69, 9.17) is 5.11 Å². The number of carboxylic acids is 1. The van der Waals surface area contributed by atoms with E-state index >= 15 is 0 Å². The van der Waals surface area contributed by atoms with Crippen LogP contribution in [-0.2, 0) is 4.79 Å². The first-order valence-corrected chi connectivity index (χ1v) is 5.71. The molecule has 2 rings (SSSR count). The molecule has 86 valence electrons. The number of nitrogens with zero attached hydrogens (tertiary/aromatic N) is 1. The van der Waals surface area contributed by atoms with E-state index in [1.54, 1.807) is 0 Å². The molecule has 2 fully saturated rings. The van der Waals surface area contributed by atoms with Gasteiger partial charge >= 0.3 is 5.97 Å². The van der Waals surface area contributed by atoms with Gasteiger partial charge in [-0.3, -0.25) is 9.69 Å². The average molecular weight is 212 g/mol. The van der Waals surface area contributed by atoms with Crippen molar-refractivity contribution in [2.24, 2.45) is 0 Å². The van der Waals surface area contributed by atoms with Gasteiger partial charge in [0.1, 0.15) is 0 Å². The van der Waals surface area contributed by atoms with Gasteiger partial charge in [0.25, 0.3) is 0 Å². The highest BCUT2D eigenvalue weighted by atomic mass is 16.4. The Morgan fingerprint density at radius 1 is 1.53 bits per heavy atom. The summed E-state index contributed by atoms with van der Waals surface area (Å²) < 4.78 is 0. The van der Waals surface area contributed by atoms with E-state index in [0.29, 0.717) is 6.04 Å². The summed E-state index contributed by atoms with van der Waals surface area (Å²) in [7, 11) is 0. The van der Waals surface area contributed by atoms with Crippen molar-refractivity contribution < 1.29 is 9.90 Å². The van der Waals surface area contributed by atoms with E-state index in [1.807, 2.05) is 0 Å². The Morgan fingerprint density at radius 2 is 2.20 bits per heavy atom. The average Bonchev–Trinajstić information content (AvgIpc) is 2.90. The lowest BCUT2D eigenvalue weighted by atomic mass is 9.96. The van der Waals surface area contributed by atoms with Crippen LogP contribution in [-0.4, -0.2) is 46.7 Å². The van der Waals surface area contributed by atoms with Crippen molar-refractivity contribution in [2.45, 2.75) is 50.7 Å². The third-order valence-corrected chi connectivity index (χ3v) is 3.43. The summed E-state index contributed by atoms with van der Waals surface area (Å²) in [6.07, 6.45) is 2.80. The molecule has 1 atom stereocenters. The van der Waals surface area contributed by atoms with Crippen LogP contribution in [0.3, 0.4) is 0 Å². The second-order valence-electron chi connectivity index (χ2n) is 5.37. The molecule has 4 nitrogen and oxygen atoms in total. The number of hydrogen-bond acceptors (Lipinski definition) is 3. The van der Waals surface area contributed by atoms with Gasteiger partial charge in [0.2, 0.25) is 0 Å². The Labute approximate surface area is 90.6 Å². The van der Waals surface area contributed by atoms with Crippen molar-refractivity contribution in [3.8, 4) is 0 Å². The molecule has 1 saturated heterocycles. The lowest BCUT2D eigenvalue weighted by molar-refractivity contribution is -0.138. The molecule has 4 heteroatoms. The minimum Gasteiger partial charge on any atom is -0.481 e. The summed E-state index contributed by atoms with van der Waals surface area (Å²) in [5.41, 5.74) is 0.177. The molecule has 15 heavy (non-hydrogen) atoms. The van der Waals surface area contributed by atoms with Crippen LogP contribution in [0.4, 0.5) is 0 Å². The number of rotatable bonds is 3. The Hall–Kier alpha value is -0.610. The quantitative estimate of drug-likeness (QED) is 0.722. The number of carbonyl (C=O) groups is 1. The van der Waals surface area contributed by atoms with Crippen LogP contribution in [0.25, 0.3) is 0 Å². The first-order chi connectivity index (χ1) is 6.99. The Kier molecular flexibility index (Phi) is 2.73. The van der Waals surface area contributed by atoms with Crippen LogP contribution in [0.1, 0.15) is 33.1 Å². The summed E-state index contributed by atoms with van der Waals surface area (Å²) >= 11 is 0. The van der Waals surface area contributed by atoms with Crippen LogP contribution in [0.2, 0.25) is 0 Å². The van der Waals surface area contributed by atoms with Gasteiger partial charge in [0.05, 0.1) is 6.42 Å². The van der Waals surface area contributed by atoms with Gasteiger partial charge in [-0.25, -0.2) is 0 Å². The maximum absolute atomic E-state index is 10.7. The zero-order valence-corrected chi connectivity index (χ0v) is 9.49. The number of nitrogens with one attached hydrogen (secondary N) is 1. The molecule has 0 aromatic rings. The molecule has 1 saturated carbocycles. The van der Waals surface area contributed by atoms with Crippen molar-refractivity contribution in [1.82, 2.24) is 10.2 Å². The second-order valence-corrected chi connectivity index (χ2v) is 5.37. The van der Waals surface area contributed by atoms with Gasteiger partial charge in [-0.05, 0) is 26.7 Å². The molecule has 0 aromatic heterocycles. The van der Waals surface area contributed by atoms with Gasteiger partial charge in [0.15, 0.2) is 0 Å². The largest absolute Gasteiger partial charge is 0.481 e. The SMILES string of the molecule is CC1(C)CNC(CC(=O)O)CN1C1CC1. The fourth-order valence-corrected chi connectivity index (χ4v) is 2.42. The topological polar surface area (TPSA) is 52.6 Å². The van der Waals surface area contributed by atoms with Crippen molar-refractivity contribution in [1.29, 1.82) is 0 Å².